The number of nitrogens with one attached hydrogen (secondary N) is 1. The Morgan fingerprint density at radius 3 is 2.21 bits per heavy atom. The van der Waals surface area contributed by atoms with Gasteiger partial charge in [0.1, 0.15) is 12.7 Å². The summed E-state index contributed by atoms with van der Waals surface area (Å²) in [6.45, 7) is 4.16. The molecule has 0 heterocycles. The predicted octanol–water partition coefficient (Wildman–Crippen LogP) is 4.21. The summed E-state index contributed by atoms with van der Waals surface area (Å²) >= 11 is 0. The molecule has 0 spiro atoms. The summed E-state index contributed by atoms with van der Waals surface area (Å²) in [6.07, 6.45) is -2.44. The molecule has 2 unspecified atom stereocenters. The molecule has 1 aliphatic rings. The zero-order valence-electron chi connectivity index (χ0n) is 18.9. The highest BCUT2D eigenvalue weighted by Gasteiger charge is 2.29. The van der Waals surface area contributed by atoms with Gasteiger partial charge in [-0.1, -0.05) is 54.6 Å². The number of ether oxygens (including phenoxy) is 1. The summed E-state index contributed by atoms with van der Waals surface area (Å²) in [5, 5.41) is 23.6. The lowest BCUT2D eigenvalue weighted by Crippen LogP contribution is -2.31. The molecule has 6 nitrogen and oxygen atoms in total. The molecule has 2 atom stereocenters. The SMILES string of the molecule is Cc1c(N)ccc(C(O)C(O)CCNC(=O)OCC2c3ccccc3-c3ccccc32)c1C. The van der Waals surface area contributed by atoms with Gasteiger partial charge in [-0.15, -0.1) is 0 Å². The molecule has 1 aliphatic carbocycles. The molecular formula is C27H30N2O4. The lowest BCUT2D eigenvalue weighted by molar-refractivity contribution is 0.0133. The standard InChI is InChI=1S/C27H30N2O4/c1-16-17(2)24(28)12-11-18(16)26(31)25(30)13-14-29-27(32)33-15-23-21-9-5-3-7-19(21)20-8-4-6-10-22(20)23/h3-12,23,25-26,30-31H,13-15,28H2,1-2H3,(H,29,32). The highest BCUT2D eigenvalue weighted by atomic mass is 16.5. The van der Waals surface area contributed by atoms with E-state index in [1.807, 2.05) is 38.1 Å². The number of aliphatic hydroxyl groups excluding tert-OH is 2. The van der Waals surface area contributed by atoms with Crippen LogP contribution in [-0.4, -0.2) is 35.6 Å². The van der Waals surface area contributed by atoms with Crippen LogP contribution in [0.5, 0.6) is 0 Å². The Morgan fingerprint density at radius 2 is 1.58 bits per heavy atom. The second-order valence-electron chi connectivity index (χ2n) is 8.55. The quantitative estimate of drug-likeness (QED) is 0.407. The third-order valence-corrected chi connectivity index (χ3v) is 6.61. The fourth-order valence-electron chi connectivity index (χ4n) is 4.52. The van der Waals surface area contributed by atoms with Crippen molar-refractivity contribution in [3.05, 3.63) is 88.5 Å². The van der Waals surface area contributed by atoms with Crippen LogP contribution in [0.2, 0.25) is 0 Å². The molecule has 0 bridgehead atoms. The van der Waals surface area contributed by atoms with Crippen molar-refractivity contribution in [3.63, 3.8) is 0 Å². The van der Waals surface area contributed by atoms with E-state index in [4.69, 9.17) is 10.5 Å². The van der Waals surface area contributed by atoms with Crippen LogP contribution in [0.15, 0.2) is 60.7 Å². The van der Waals surface area contributed by atoms with E-state index in [1.165, 1.54) is 11.1 Å². The van der Waals surface area contributed by atoms with Crippen LogP contribution in [0.1, 0.15) is 46.3 Å². The largest absolute Gasteiger partial charge is 0.449 e. The number of aliphatic hydroxyl groups is 2. The molecule has 0 radical (unpaired) electrons. The van der Waals surface area contributed by atoms with E-state index in [-0.39, 0.29) is 25.5 Å². The minimum absolute atomic E-state index is 0.00713. The fraction of sp³-hybridized carbons (Fsp3) is 0.296. The maximum absolute atomic E-state index is 12.3. The number of benzene rings is 3. The van der Waals surface area contributed by atoms with Crippen molar-refractivity contribution in [2.24, 2.45) is 0 Å². The molecule has 33 heavy (non-hydrogen) atoms. The van der Waals surface area contributed by atoms with Gasteiger partial charge >= 0.3 is 6.09 Å². The minimum Gasteiger partial charge on any atom is -0.449 e. The average Bonchev–Trinajstić information content (AvgIpc) is 3.14. The minimum atomic E-state index is -1.06. The van der Waals surface area contributed by atoms with E-state index in [0.29, 0.717) is 11.3 Å². The summed E-state index contributed by atoms with van der Waals surface area (Å²) in [5.74, 6) is -0.00713. The third-order valence-electron chi connectivity index (χ3n) is 6.61. The number of alkyl carbamates (subject to hydrolysis) is 1. The van der Waals surface area contributed by atoms with Crippen molar-refractivity contribution in [1.29, 1.82) is 0 Å². The second-order valence-corrected chi connectivity index (χ2v) is 8.55. The first-order chi connectivity index (χ1) is 15.9. The number of hydrogen-bond donors (Lipinski definition) is 4. The lowest BCUT2D eigenvalue weighted by Gasteiger charge is -2.21. The summed E-state index contributed by atoms with van der Waals surface area (Å²) in [5.41, 5.74) is 13.6. The van der Waals surface area contributed by atoms with Crippen molar-refractivity contribution in [3.8, 4) is 11.1 Å². The van der Waals surface area contributed by atoms with Gasteiger partial charge in [-0.05, 0) is 65.3 Å². The zero-order chi connectivity index (χ0) is 23.5. The molecule has 0 aliphatic heterocycles. The Bertz CT molecular complexity index is 1120. The molecule has 0 aromatic heterocycles. The number of carbonyl (C=O) groups excluding carboxylic acids is 1. The number of fused-ring (bicyclic) bond motifs is 3. The molecule has 0 fully saturated rings. The number of hydrogen-bond acceptors (Lipinski definition) is 5. The predicted molar refractivity (Wildman–Crippen MR) is 129 cm³/mol. The van der Waals surface area contributed by atoms with Gasteiger partial charge in [-0.25, -0.2) is 4.79 Å². The Kier molecular flexibility index (Phi) is 6.67. The van der Waals surface area contributed by atoms with Gasteiger partial charge in [0.2, 0.25) is 0 Å². The number of anilines is 1. The first kappa shape index (κ1) is 22.8. The molecule has 172 valence electrons. The molecule has 0 saturated heterocycles. The van der Waals surface area contributed by atoms with Gasteiger partial charge in [0.05, 0.1) is 6.10 Å². The molecule has 5 N–H and O–H groups in total. The molecule has 0 saturated carbocycles. The van der Waals surface area contributed by atoms with E-state index < -0.39 is 18.3 Å². The Balaban J connectivity index is 1.30. The topological polar surface area (TPSA) is 105 Å². The van der Waals surface area contributed by atoms with Crippen molar-refractivity contribution in [2.45, 2.75) is 38.4 Å². The summed E-state index contributed by atoms with van der Waals surface area (Å²) in [6, 6.07) is 19.8. The van der Waals surface area contributed by atoms with E-state index in [2.05, 4.69) is 29.6 Å². The van der Waals surface area contributed by atoms with E-state index in [9.17, 15) is 15.0 Å². The summed E-state index contributed by atoms with van der Waals surface area (Å²) < 4.78 is 5.51. The van der Waals surface area contributed by atoms with Crippen molar-refractivity contribution in [1.82, 2.24) is 5.32 Å². The van der Waals surface area contributed by atoms with Gasteiger partial charge < -0.3 is 26.0 Å². The van der Waals surface area contributed by atoms with Crippen LogP contribution in [0.25, 0.3) is 11.1 Å². The highest BCUT2D eigenvalue weighted by Crippen LogP contribution is 2.44. The smallest absolute Gasteiger partial charge is 0.407 e. The average molecular weight is 447 g/mol. The first-order valence-corrected chi connectivity index (χ1v) is 11.2. The van der Waals surface area contributed by atoms with E-state index in [0.717, 1.165) is 22.3 Å². The van der Waals surface area contributed by atoms with Gasteiger partial charge in [-0.2, -0.15) is 0 Å². The monoisotopic (exact) mass is 446 g/mol. The maximum Gasteiger partial charge on any atom is 0.407 e. The Morgan fingerprint density at radius 1 is 0.970 bits per heavy atom. The van der Waals surface area contributed by atoms with Crippen molar-refractivity contribution in [2.75, 3.05) is 18.9 Å². The maximum atomic E-state index is 12.3. The number of rotatable bonds is 7. The number of nitrogens with two attached hydrogens (primary N) is 1. The number of amides is 1. The summed E-state index contributed by atoms with van der Waals surface area (Å²) in [4.78, 5) is 12.3. The van der Waals surface area contributed by atoms with Gasteiger partial charge in [0.15, 0.2) is 0 Å². The van der Waals surface area contributed by atoms with Crippen molar-refractivity contribution < 1.29 is 19.7 Å². The Hall–Kier alpha value is -3.35. The molecule has 4 rings (SSSR count). The second kappa shape index (κ2) is 9.65. The van der Waals surface area contributed by atoms with Crippen LogP contribution in [0.4, 0.5) is 10.5 Å². The number of carbonyl (C=O) groups is 1. The summed E-state index contributed by atoms with van der Waals surface area (Å²) in [7, 11) is 0. The number of nitrogen functional groups attached to an aromatic ring is 1. The highest BCUT2D eigenvalue weighted by molar-refractivity contribution is 5.79. The third kappa shape index (κ3) is 4.58. The molecule has 1 amide bonds. The molecule has 3 aromatic carbocycles. The fourth-order valence-corrected chi connectivity index (χ4v) is 4.52. The molecule has 3 aromatic rings. The van der Waals surface area contributed by atoms with Crippen LogP contribution in [-0.2, 0) is 4.74 Å². The van der Waals surface area contributed by atoms with Crippen LogP contribution in [0, 0.1) is 13.8 Å². The van der Waals surface area contributed by atoms with Gasteiger partial charge in [-0.3, -0.25) is 0 Å². The van der Waals surface area contributed by atoms with E-state index >= 15 is 0 Å². The molecule has 6 heteroatoms. The van der Waals surface area contributed by atoms with Gasteiger partial charge in [0, 0.05) is 18.2 Å². The van der Waals surface area contributed by atoms with Crippen LogP contribution < -0.4 is 11.1 Å². The van der Waals surface area contributed by atoms with E-state index in [1.54, 1.807) is 12.1 Å². The first-order valence-electron chi connectivity index (χ1n) is 11.2. The molecular weight excluding hydrogens is 416 g/mol. The van der Waals surface area contributed by atoms with Crippen LogP contribution in [0.3, 0.4) is 0 Å². The lowest BCUT2D eigenvalue weighted by atomic mass is 9.94. The van der Waals surface area contributed by atoms with Gasteiger partial charge in [0.25, 0.3) is 0 Å². The normalized spacial score (nSPS) is 14.3. The Labute approximate surface area is 194 Å². The van der Waals surface area contributed by atoms with Crippen molar-refractivity contribution >= 4 is 11.8 Å². The zero-order valence-corrected chi connectivity index (χ0v) is 18.9. The van der Waals surface area contributed by atoms with Crippen LogP contribution >= 0.6 is 0 Å².